The predicted molar refractivity (Wildman–Crippen MR) is 81.1 cm³/mol. The number of fused-ring (bicyclic) bond motifs is 1. The summed E-state index contributed by atoms with van der Waals surface area (Å²) in [5.74, 6) is 0.293. The lowest BCUT2D eigenvalue weighted by Gasteiger charge is -2.33. The fourth-order valence-electron chi connectivity index (χ4n) is 2.84. The Labute approximate surface area is 123 Å². The summed E-state index contributed by atoms with van der Waals surface area (Å²) >= 11 is 12.6. The van der Waals surface area contributed by atoms with E-state index in [1.165, 1.54) is 16.7 Å². The molecule has 1 aliphatic heterocycles. The average molecular weight is 292 g/mol. The van der Waals surface area contributed by atoms with Crippen LogP contribution in [-0.4, -0.2) is 18.5 Å². The third-order valence-electron chi connectivity index (χ3n) is 3.71. The Hall–Kier alpha value is -1.02. The van der Waals surface area contributed by atoms with E-state index in [4.69, 9.17) is 23.2 Å². The van der Waals surface area contributed by atoms with Crippen molar-refractivity contribution in [1.82, 2.24) is 4.90 Å². The molecular formula is C16H15Cl2N. The second-order valence-corrected chi connectivity index (χ2v) is 5.88. The first-order valence-corrected chi connectivity index (χ1v) is 7.12. The zero-order valence-electron chi connectivity index (χ0n) is 10.7. The summed E-state index contributed by atoms with van der Waals surface area (Å²) in [4.78, 5) is 2.32. The standard InChI is InChI=1S/C16H15Cl2N/c1-19-9-12-7-8-14(17)16(18)15(12)13(10-19)11-5-3-2-4-6-11/h2-8,13H,9-10H2,1H3. The first-order valence-electron chi connectivity index (χ1n) is 6.37. The molecule has 2 aromatic rings. The van der Waals surface area contributed by atoms with E-state index in [0.29, 0.717) is 16.0 Å². The molecule has 0 fully saturated rings. The van der Waals surface area contributed by atoms with Crippen LogP contribution in [0.3, 0.4) is 0 Å². The first kappa shape index (κ1) is 13.0. The lowest BCUT2D eigenvalue weighted by Crippen LogP contribution is -2.31. The van der Waals surface area contributed by atoms with Gasteiger partial charge in [-0.05, 0) is 29.8 Å². The van der Waals surface area contributed by atoms with Gasteiger partial charge < -0.3 is 4.90 Å². The molecule has 0 aromatic heterocycles. The molecule has 2 aromatic carbocycles. The normalized spacial score (nSPS) is 19.2. The fourth-order valence-corrected chi connectivity index (χ4v) is 3.32. The number of rotatable bonds is 1. The minimum absolute atomic E-state index is 0.293. The minimum Gasteiger partial charge on any atom is -0.301 e. The third-order valence-corrected chi connectivity index (χ3v) is 4.53. The van der Waals surface area contributed by atoms with Gasteiger partial charge in [-0.25, -0.2) is 0 Å². The van der Waals surface area contributed by atoms with Gasteiger partial charge in [0.1, 0.15) is 0 Å². The monoisotopic (exact) mass is 291 g/mol. The topological polar surface area (TPSA) is 3.24 Å². The summed E-state index contributed by atoms with van der Waals surface area (Å²) in [5, 5.41) is 1.35. The third kappa shape index (κ3) is 2.38. The van der Waals surface area contributed by atoms with Crippen LogP contribution in [0.2, 0.25) is 10.0 Å². The van der Waals surface area contributed by atoms with Crippen LogP contribution in [0.4, 0.5) is 0 Å². The van der Waals surface area contributed by atoms with Gasteiger partial charge in [0.05, 0.1) is 10.0 Å². The molecule has 1 aliphatic rings. The van der Waals surface area contributed by atoms with E-state index in [2.05, 4.69) is 42.3 Å². The number of nitrogens with zero attached hydrogens (tertiary/aromatic N) is 1. The highest BCUT2D eigenvalue weighted by Gasteiger charge is 2.27. The van der Waals surface area contributed by atoms with E-state index >= 15 is 0 Å². The van der Waals surface area contributed by atoms with Crippen molar-refractivity contribution in [2.75, 3.05) is 13.6 Å². The second kappa shape index (κ2) is 5.16. The molecule has 0 saturated heterocycles. The van der Waals surface area contributed by atoms with Crippen LogP contribution >= 0.6 is 23.2 Å². The zero-order chi connectivity index (χ0) is 13.4. The van der Waals surface area contributed by atoms with Crippen molar-refractivity contribution in [3.8, 4) is 0 Å². The zero-order valence-corrected chi connectivity index (χ0v) is 12.2. The molecule has 98 valence electrons. The Balaban J connectivity index is 2.16. The Bertz CT molecular complexity index is 595. The number of likely N-dealkylation sites (N-methyl/N-ethyl adjacent to an activating group) is 1. The number of halogens is 2. The van der Waals surface area contributed by atoms with Gasteiger partial charge in [0.15, 0.2) is 0 Å². The van der Waals surface area contributed by atoms with Gasteiger partial charge in [0, 0.05) is 19.0 Å². The van der Waals surface area contributed by atoms with Crippen LogP contribution in [0.15, 0.2) is 42.5 Å². The molecule has 0 N–H and O–H groups in total. The van der Waals surface area contributed by atoms with E-state index in [9.17, 15) is 0 Å². The van der Waals surface area contributed by atoms with Crippen molar-refractivity contribution >= 4 is 23.2 Å². The highest BCUT2D eigenvalue weighted by atomic mass is 35.5. The quantitative estimate of drug-likeness (QED) is 0.744. The molecule has 0 amide bonds. The molecule has 0 bridgehead atoms. The van der Waals surface area contributed by atoms with E-state index in [1.807, 2.05) is 12.1 Å². The highest BCUT2D eigenvalue weighted by Crippen LogP contribution is 2.40. The van der Waals surface area contributed by atoms with Gasteiger partial charge >= 0.3 is 0 Å². The number of hydrogen-bond acceptors (Lipinski definition) is 1. The fraction of sp³-hybridized carbons (Fsp3) is 0.250. The van der Waals surface area contributed by atoms with Gasteiger partial charge in [-0.3, -0.25) is 0 Å². The van der Waals surface area contributed by atoms with E-state index in [1.54, 1.807) is 0 Å². The van der Waals surface area contributed by atoms with Crippen LogP contribution in [-0.2, 0) is 6.54 Å². The van der Waals surface area contributed by atoms with Crippen molar-refractivity contribution < 1.29 is 0 Å². The van der Waals surface area contributed by atoms with Crippen LogP contribution < -0.4 is 0 Å². The molecule has 19 heavy (non-hydrogen) atoms. The Morgan fingerprint density at radius 1 is 1.05 bits per heavy atom. The molecule has 1 heterocycles. The molecule has 1 unspecified atom stereocenters. The second-order valence-electron chi connectivity index (χ2n) is 5.09. The summed E-state index contributed by atoms with van der Waals surface area (Å²) in [6.45, 7) is 1.90. The first-order chi connectivity index (χ1) is 9.16. The maximum atomic E-state index is 6.45. The minimum atomic E-state index is 0.293. The van der Waals surface area contributed by atoms with Crippen LogP contribution in [0.5, 0.6) is 0 Å². The SMILES string of the molecule is CN1Cc2ccc(Cl)c(Cl)c2C(c2ccccc2)C1. The van der Waals surface area contributed by atoms with Crippen molar-refractivity contribution in [1.29, 1.82) is 0 Å². The largest absolute Gasteiger partial charge is 0.301 e. The molecule has 0 radical (unpaired) electrons. The lowest BCUT2D eigenvalue weighted by molar-refractivity contribution is 0.295. The van der Waals surface area contributed by atoms with E-state index < -0.39 is 0 Å². The molecule has 0 saturated carbocycles. The predicted octanol–water partition coefficient (Wildman–Crippen LogP) is 4.57. The smallest absolute Gasteiger partial charge is 0.0634 e. The molecule has 3 heteroatoms. The summed E-state index contributed by atoms with van der Waals surface area (Å²) < 4.78 is 0. The van der Waals surface area contributed by atoms with Gasteiger partial charge in [0.25, 0.3) is 0 Å². The van der Waals surface area contributed by atoms with Crippen LogP contribution in [0.25, 0.3) is 0 Å². The average Bonchev–Trinajstić information content (AvgIpc) is 2.43. The summed E-state index contributed by atoms with van der Waals surface area (Å²) in [6.07, 6.45) is 0. The molecular weight excluding hydrogens is 277 g/mol. The summed E-state index contributed by atoms with van der Waals surface area (Å²) in [6, 6.07) is 14.5. The van der Waals surface area contributed by atoms with Gasteiger partial charge in [-0.15, -0.1) is 0 Å². The van der Waals surface area contributed by atoms with Gasteiger partial charge in [-0.2, -0.15) is 0 Å². The highest BCUT2D eigenvalue weighted by molar-refractivity contribution is 6.42. The van der Waals surface area contributed by atoms with Gasteiger partial charge in [0.2, 0.25) is 0 Å². The lowest BCUT2D eigenvalue weighted by atomic mass is 9.85. The van der Waals surface area contributed by atoms with Gasteiger partial charge in [-0.1, -0.05) is 59.6 Å². The van der Waals surface area contributed by atoms with Crippen molar-refractivity contribution in [3.63, 3.8) is 0 Å². The van der Waals surface area contributed by atoms with E-state index in [-0.39, 0.29) is 0 Å². The Morgan fingerprint density at radius 2 is 1.79 bits per heavy atom. The van der Waals surface area contributed by atoms with Crippen LogP contribution in [0, 0.1) is 0 Å². The molecule has 0 spiro atoms. The van der Waals surface area contributed by atoms with Crippen LogP contribution in [0.1, 0.15) is 22.6 Å². The van der Waals surface area contributed by atoms with Crippen molar-refractivity contribution in [2.24, 2.45) is 0 Å². The molecule has 1 nitrogen and oxygen atoms in total. The van der Waals surface area contributed by atoms with Crippen molar-refractivity contribution in [2.45, 2.75) is 12.5 Å². The molecule has 0 aliphatic carbocycles. The molecule has 3 rings (SSSR count). The maximum absolute atomic E-state index is 6.45. The Morgan fingerprint density at radius 3 is 2.53 bits per heavy atom. The Kier molecular flexibility index (Phi) is 3.53. The number of benzene rings is 2. The summed E-state index contributed by atoms with van der Waals surface area (Å²) in [5.41, 5.74) is 3.76. The summed E-state index contributed by atoms with van der Waals surface area (Å²) in [7, 11) is 2.14. The molecule has 1 atom stereocenters. The van der Waals surface area contributed by atoms with E-state index in [0.717, 1.165) is 13.1 Å². The number of hydrogen-bond donors (Lipinski definition) is 0. The van der Waals surface area contributed by atoms with Crippen molar-refractivity contribution in [3.05, 3.63) is 69.2 Å². The maximum Gasteiger partial charge on any atom is 0.0634 e.